The fraction of sp³-hybridized carbons (Fsp3) is 0.500. The van der Waals surface area contributed by atoms with Crippen molar-refractivity contribution >= 4 is 5.91 Å². The summed E-state index contributed by atoms with van der Waals surface area (Å²) in [4.78, 5) is 11.5. The summed E-state index contributed by atoms with van der Waals surface area (Å²) >= 11 is 0. The van der Waals surface area contributed by atoms with E-state index in [9.17, 15) is 14.3 Å². The molecule has 0 aliphatic heterocycles. The van der Waals surface area contributed by atoms with E-state index in [1.54, 1.807) is 0 Å². The molecule has 1 amide bonds. The van der Waals surface area contributed by atoms with Crippen LogP contribution in [0, 0.1) is 5.82 Å². The lowest BCUT2D eigenvalue weighted by Crippen LogP contribution is -2.41. The summed E-state index contributed by atoms with van der Waals surface area (Å²) in [5, 5.41) is 15.1. The number of phenols is 1. The summed E-state index contributed by atoms with van der Waals surface area (Å²) in [5.74, 6) is -0.591. The maximum absolute atomic E-state index is 13.0. The van der Waals surface area contributed by atoms with Gasteiger partial charge < -0.3 is 15.7 Å². The number of rotatable bonds is 5. The number of carbonyl (C=O) groups excluding carboxylic acids is 1. The first-order valence-electron chi connectivity index (χ1n) is 6.26. The second kappa shape index (κ2) is 6.52. The topological polar surface area (TPSA) is 61.4 Å². The predicted molar refractivity (Wildman–Crippen MR) is 72.3 cm³/mol. The molecule has 1 rings (SSSR count). The van der Waals surface area contributed by atoms with Gasteiger partial charge >= 0.3 is 0 Å². The monoisotopic (exact) mass is 268 g/mol. The highest BCUT2D eigenvalue weighted by Gasteiger charge is 2.12. The van der Waals surface area contributed by atoms with Crippen LogP contribution in [0.2, 0.25) is 0 Å². The van der Waals surface area contributed by atoms with E-state index in [-0.39, 0.29) is 17.2 Å². The number of halogens is 1. The van der Waals surface area contributed by atoms with E-state index in [4.69, 9.17) is 0 Å². The minimum absolute atomic E-state index is 0.0258. The zero-order chi connectivity index (χ0) is 14.5. The van der Waals surface area contributed by atoms with E-state index in [1.807, 2.05) is 20.8 Å². The van der Waals surface area contributed by atoms with Crippen LogP contribution in [-0.2, 0) is 11.3 Å². The van der Waals surface area contributed by atoms with Gasteiger partial charge in [0.1, 0.15) is 11.6 Å². The summed E-state index contributed by atoms with van der Waals surface area (Å²) in [6.07, 6.45) is 0.360. The van der Waals surface area contributed by atoms with Crippen molar-refractivity contribution in [3.8, 4) is 5.75 Å². The van der Waals surface area contributed by atoms with Crippen LogP contribution >= 0.6 is 0 Å². The van der Waals surface area contributed by atoms with Gasteiger partial charge in [0.25, 0.3) is 0 Å². The number of phenolic OH excluding ortho intramolecular Hbond substituents is 1. The number of carbonyl (C=O) groups is 1. The molecule has 0 unspecified atom stereocenters. The van der Waals surface area contributed by atoms with E-state index in [0.29, 0.717) is 25.1 Å². The average Bonchev–Trinajstić information content (AvgIpc) is 2.20. The van der Waals surface area contributed by atoms with Crippen LogP contribution in [0.4, 0.5) is 4.39 Å². The predicted octanol–water partition coefficient (Wildman–Crippen LogP) is 1.93. The van der Waals surface area contributed by atoms with E-state index in [1.165, 1.54) is 12.1 Å². The molecule has 0 aromatic heterocycles. The lowest BCUT2D eigenvalue weighted by atomic mass is 10.1. The Morgan fingerprint density at radius 1 is 1.32 bits per heavy atom. The van der Waals surface area contributed by atoms with Crippen LogP contribution in [0.5, 0.6) is 5.75 Å². The van der Waals surface area contributed by atoms with Gasteiger partial charge in [-0.3, -0.25) is 4.79 Å². The first-order valence-corrected chi connectivity index (χ1v) is 6.26. The van der Waals surface area contributed by atoms with Gasteiger partial charge in [-0.2, -0.15) is 0 Å². The third-order valence-corrected chi connectivity index (χ3v) is 2.31. The van der Waals surface area contributed by atoms with Crippen molar-refractivity contribution < 1.29 is 14.3 Å². The van der Waals surface area contributed by atoms with Crippen LogP contribution < -0.4 is 10.6 Å². The Morgan fingerprint density at radius 3 is 2.58 bits per heavy atom. The molecule has 0 saturated carbocycles. The van der Waals surface area contributed by atoms with Gasteiger partial charge in [0.05, 0.1) is 0 Å². The van der Waals surface area contributed by atoms with Crippen LogP contribution in [0.25, 0.3) is 0 Å². The molecule has 4 nitrogen and oxygen atoms in total. The van der Waals surface area contributed by atoms with Crippen LogP contribution in [-0.4, -0.2) is 23.1 Å². The fourth-order valence-corrected chi connectivity index (χ4v) is 1.65. The highest BCUT2D eigenvalue weighted by Crippen LogP contribution is 2.14. The van der Waals surface area contributed by atoms with Crippen molar-refractivity contribution in [2.24, 2.45) is 0 Å². The first-order chi connectivity index (χ1) is 8.76. The summed E-state index contributed by atoms with van der Waals surface area (Å²) in [6.45, 7) is 6.68. The van der Waals surface area contributed by atoms with Gasteiger partial charge in [0.2, 0.25) is 5.91 Å². The van der Waals surface area contributed by atoms with Crippen molar-refractivity contribution in [1.29, 1.82) is 0 Å². The smallest absolute Gasteiger partial charge is 0.221 e. The molecule has 0 heterocycles. The summed E-state index contributed by atoms with van der Waals surface area (Å²) in [7, 11) is 0. The number of hydrogen-bond donors (Lipinski definition) is 3. The van der Waals surface area contributed by atoms with E-state index in [0.717, 1.165) is 6.07 Å². The zero-order valence-corrected chi connectivity index (χ0v) is 11.6. The molecule has 0 fully saturated rings. The Hall–Kier alpha value is -1.62. The average molecular weight is 268 g/mol. The van der Waals surface area contributed by atoms with Gasteiger partial charge in [-0.25, -0.2) is 4.39 Å². The summed E-state index contributed by atoms with van der Waals surface area (Å²) in [6, 6.07) is 3.90. The number of benzene rings is 1. The summed E-state index contributed by atoms with van der Waals surface area (Å²) in [5.41, 5.74) is 0.416. The van der Waals surface area contributed by atoms with Crippen molar-refractivity contribution in [1.82, 2.24) is 10.6 Å². The second-order valence-electron chi connectivity index (χ2n) is 5.54. The SMILES string of the molecule is CC(C)(C)NC(=O)CCNCc1cc(O)cc(F)c1. The van der Waals surface area contributed by atoms with Crippen molar-refractivity contribution in [3.63, 3.8) is 0 Å². The molecule has 0 spiro atoms. The van der Waals surface area contributed by atoms with Crippen LogP contribution in [0.1, 0.15) is 32.8 Å². The fourth-order valence-electron chi connectivity index (χ4n) is 1.65. The lowest BCUT2D eigenvalue weighted by Gasteiger charge is -2.20. The molecule has 19 heavy (non-hydrogen) atoms. The van der Waals surface area contributed by atoms with Gasteiger partial charge in [0, 0.05) is 31.1 Å². The molecule has 0 radical (unpaired) electrons. The maximum atomic E-state index is 13.0. The Balaban J connectivity index is 2.29. The van der Waals surface area contributed by atoms with Crippen LogP contribution in [0.15, 0.2) is 18.2 Å². The van der Waals surface area contributed by atoms with E-state index >= 15 is 0 Å². The molecule has 0 bridgehead atoms. The third-order valence-electron chi connectivity index (χ3n) is 2.31. The molecule has 1 aromatic rings. The number of hydrogen-bond acceptors (Lipinski definition) is 3. The largest absolute Gasteiger partial charge is 0.508 e. The lowest BCUT2D eigenvalue weighted by molar-refractivity contribution is -0.122. The number of amides is 1. The standard InChI is InChI=1S/C14H21FN2O2/c1-14(2,3)17-13(19)4-5-16-9-10-6-11(15)8-12(18)7-10/h6-8,16,18H,4-5,9H2,1-3H3,(H,17,19). The van der Waals surface area contributed by atoms with Crippen molar-refractivity contribution in [3.05, 3.63) is 29.6 Å². The quantitative estimate of drug-likeness (QED) is 0.715. The molecule has 3 N–H and O–H groups in total. The zero-order valence-electron chi connectivity index (χ0n) is 11.6. The maximum Gasteiger partial charge on any atom is 0.221 e. The van der Waals surface area contributed by atoms with Gasteiger partial charge in [0.15, 0.2) is 0 Å². The normalized spacial score (nSPS) is 11.4. The Bertz CT molecular complexity index is 421. The molecule has 0 aliphatic rings. The molecule has 5 heteroatoms. The van der Waals surface area contributed by atoms with E-state index in [2.05, 4.69) is 10.6 Å². The Morgan fingerprint density at radius 2 is 2.00 bits per heavy atom. The van der Waals surface area contributed by atoms with Crippen LogP contribution in [0.3, 0.4) is 0 Å². The minimum Gasteiger partial charge on any atom is -0.508 e. The van der Waals surface area contributed by atoms with Gasteiger partial charge in [-0.05, 0) is 38.5 Å². The molecule has 0 atom stereocenters. The van der Waals surface area contributed by atoms with Gasteiger partial charge in [-0.15, -0.1) is 0 Å². The molecule has 0 aliphatic carbocycles. The van der Waals surface area contributed by atoms with Gasteiger partial charge in [-0.1, -0.05) is 0 Å². The molecular formula is C14H21FN2O2. The molecule has 0 saturated heterocycles. The van der Waals surface area contributed by atoms with Crippen molar-refractivity contribution in [2.75, 3.05) is 6.54 Å². The first kappa shape index (κ1) is 15.4. The Kier molecular flexibility index (Phi) is 5.30. The number of nitrogens with one attached hydrogen (secondary N) is 2. The minimum atomic E-state index is -0.470. The second-order valence-corrected chi connectivity index (χ2v) is 5.54. The molecule has 106 valence electrons. The molecule has 1 aromatic carbocycles. The Labute approximate surface area is 113 Å². The molecular weight excluding hydrogens is 247 g/mol. The highest BCUT2D eigenvalue weighted by atomic mass is 19.1. The number of aromatic hydroxyl groups is 1. The third kappa shape index (κ3) is 6.76. The summed E-state index contributed by atoms with van der Waals surface area (Å²) < 4.78 is 13.0. The highest BCUT2D eigenvalue weighted by molar-refractivity contribution is 5.76. The van der Waals surface area contributed by atoms with Crippen molar-refractivity contribution in [2.45, 2.75) is 39.3 Å². The van der Waals surface area contributed by atoms with E-state index < -0.39 is 5.82 Å².